The maximum Gasteiger partial charge on any atom is 0.0308 e. The third-order valence-corrected chi connectivity index (χ3v) is 3.66. The van der Waals surface area contributed by atoms with E-state index in [9.17, 15) is 5.21 Å². The topological polar surface area (TPSA) is 23.5 Å². The smallest absolute Gasteiger partial charge is 0.0308 e. The predicted molar refractivity (Wildman–Crippen MR) is 64.1 cm³/mol. The van der Waals surface area contributed by atoms with Gasteiger partial charge >= 0.3 is 0 Å². The quantitative estimate of drug-likeness (QED) is 0.619. The molecule has 1 aliphatic heterocycles. The minimum Gasteiger partial charge on any atom is -0.314 e. The molecule has 0 radical (unpaired) electrons. The average Bonchev–Trinajstić information content (AvgIpc) is 2.16. The van der Waals surface area contributed by atoms with Crippen molar-refractivity contribution in [2.24, 2.45) is 5.41 Å². The van der Waals surface area contributed by atoms with Crippen molar-refractivity contribution in [3.05, 3.63) is 0 Å². The minimum absolute atomic E-state index is 0.471. The Bertz CT molecular complexity index is 152. The molecule has 0 amide bonds. The molecular formula is C13H27NO. The van der Waals surface area contributed by atoms with E-state index >= 15 is 0 Å². The summed E-state index contributed by atoms with van der Waals surface area (Å²) in [5.41, 5.74) is 0.471. The third-order valence-electron chi connectivity index (χ3n) is 3.66. The van der Waals surface area contributed by atoms with Crippen molar-refractivity contribution in [1.82, 2.24) is 5.06 Å². The highest BCUT2D eigenvalue weighted by atomic mass is 16.5. The Morgan fingerprint density at radius 2 is 1.40 bits per heavy atom. The minimum atomic E-state index is 0.471. The molecule has 0 bridgehead atoms. The van der Waals surface area contributed by atoms with Crippen LogP contribution in [0, 0.1) is 5.41 Å². The lowest BCUT2D eigenvalue weighted by Crippen LogP contribution is -2.54. The summed E-state index contributed by atoms with van der Waals surface area (Å²) in [6.45, 7) is 6.34. The molecule has 0 spiro atoms. The Labute approximate surface area is 94.6 Å². The van der Waals surface area contributed by atoms with Crippen LogP contribution in [0.4, 0.5) is 0 Å². The molecule has 1 saturated heterocycles. The summed E-state index contributed by atoms with van der Waals surface area (Å²) in [5, 5.41) is 10.8. The molecular weight excluding hydrogens is 186 g/mol. The van der Waals surface area contributed by atoms with Gasteiger partial charge in [0.05, 0.1) is 0 Å². The van der Waals surface area contributed by atoms with Gasteiger partial charge in [-0.3, -0.25) is 0 Å². The lowest BCUT2D eigenvalue weighted by Gasteiger charge is -2.47. The zero-order valence-electron chi connectivity index (χ0n) is 10.5. The summed E-state index contributed by atoms with van der Waals surface area (Å²) in [5.74, 6) is 0. The molecule has 0 aromatic heterocycles. The molecule has 0 unspecified atom stereocenters. The molecule has 0 atom stereocenters. The molecule has 2 nitrogen and oxygen atoms in total. The molecule has 1 aliphatic rings. The zero-order valence-corrected chi connectivity index (χ0v) is 10.5. The van der Waals surface area contributed by atoms with Crippen molar-refractivity contribution in [2.45, 2.75) is 65.2 Å². The van der Waals surface area contributed by atoms with Gasteiger partial charge in [-0.25, -0.2) is 0 Å². The van der Waals surface area contributed by atoms with Gasteiger partial charge in [-0.15, -0.1) is 0 Å². The van der Waals surface area contributed by atoms with Crippen molar-refractivity contribution in [3.8, 4) is 0 Å². The standard InChI is InChI=1S/C13H27NO/c1-3-5-7-9-13(10-8-6-4-2)11-14(15)12-13/h15H,3-12H2,1-2H3. The van der Waals surface area contributed by atoms with Crippen molar-refractivity contribution in [2.75, 3.05) is 13.1 Å². The molecule has 1 fully saturated rings. The van der Waals surface area contributed by atoms with Crippen molar-refractivity contribution >= 4 is 0 Å². The van der Waals surface area contributed by atoms with Gasteiger partial charge < -0.3 is 5.21 Å². The van der Waals surface area contributed by atoms with E-state index in [0.29, 0.717) is 5.41 Å². The van der Waals surface area contributed by atoms with Crippen LogP contribution < -0.4 is 0 Å². The first-order valence-electron chi connectivity index (χ1n) is 6.66. The normalized spacial score (nSPS) is 20.2. The van der Waals surface area contributed by atoms with Crippen molar-refractivity contribution in [3.63, 3.8) is 0 Å². The van der Waals surface area contributed by atoms with E-state index in [1.807, 2.05) is 0 Å². The van der Waals surface area contributed by atoms with Gasteiger partial charge in [0.15, 0.2) is 0 Å². The predicted octanol–water partition coefficient (Wildman–Crippen LogP) is 3.84. The highest BCUT2D eigenvalue weighted by Gasteiger charge is 2.40. The summed E-state index contributed by atoms with van der Waals surface area (Å²) in [6, 6.07) is 0. The zero-order chi connectivity index (χ0) is 11.1. The second kappa shape index (κ2) is 6.49. The first-order chi connectivity index (χ1) is 7.22. The number of unbranched alkanes of at least 4 members (excludes halogenated alkanes) is 4. The van der Waals surface area contributed by atoms with Crippen LogP contribution in [0.25, 0.3) is 0 Å². The fraction of sp³-hybridized carbons (Fsp3) is 1.00. The van der Waals surface area contributed by atoms with Crippen molar-refractivity contribution < 1.29 is 5.21 Å². The lowest BCUT2D eigenvalue weighted by molar-refractivity contribution is -0.213. The lowest BCUT2D eigenvalue weighted by atomic mass is 9.73. The highest BCUT2D eigenvalue weighted by Crippen LogP contribution is 2.39. The molecule has 15 heavy (non-hydrogen) atoms. The van der Waals surface area contributed by atoms with Gasteiger partial charge in [0.25, 0.3) is 0 Å². The largest absolute Gasteiger partial charge is 0.314 e. The Morgan fingerprint density at radius 1 is 0.933 bits per heavy atom. The van der Waals surface area contributed by atoms with Gasteiger partial charge in [0.1, 0.15) is 0 Å². The summed E-state index contributed by atoms with van der Waals surface area (Å²) >= 11 is 0. The Kier molecular flexibility index (Phi) is 5.62. The van der Waals surface area contributed by atoms with E-state index in [1.54, 1.807) is 0 Å². The number of hydrogen-bond acceptors (Lipinski definition) is 2. The van der Waals surface area contributed by atoms with Crippen LogP contribution in [0.3, 0.4) is 0 Å². The molecule has 1 N–H and O–H groups in total. The van der Waals surface area contributed by atoms with Crippen molar-refractivity contribution in [1.29, 1.82) is 0 Å². The number of rotatable bonds is 8. The number of hydroxylamine groups is 2. The van der Waals surface area contributed by atoms with Gasteiger partial charge in [-0.2, -0.15) is 5.06 Å². The second-order valence-corrected chi connectivity index (χ2v) is 5.24. The maximum absolute atomic E-state index is 9.33. The van der Waals surface area contributed by atoms with Crippen LogP contribution in [-0.2, 0) is 0 Å². The van der Waals surface area contributed by atoms with Crippen LogP contribution in [0.15, 0.2) is 0 Å². The summed E-state index contributed by atoms with van der Waals surface area (Å²) in [4.78, 5) is 0. The Hall–Kier alpha value is -0.0800. The molecule has 1 rings (SSSR count). The average molecular weight is 213 g/mol. The van der Waals surface area contributed by atoms with E-state index in [-0.39, 0.29) is 0 Å². The second-order valence-electron chi connectivity index (χ2n) is 5.24. The highest BCUT2D eigenvalue weighted by molar-refractivity contribution is 4.91. The number of hydrogen-bond donors (Lipinski definition) is 1. The Balaban J connectivity index is 2.21. The van der Waals surface area contributed by atoms with E-state index < -0.39 is 0 Å². The van der Waals surface area contributed by atoms with E-state index in [2.05, 4.69) is 13.8 Å². The van der Waals surface area contributed by atoms with Crippen LogP contribution in [0.2, 0.25) is 0 Å². The van der Waals surface area contributed by atoms with Gasteiger partial charge in [0, 0.05) is 18.5 Å². The molecule has 90 valence electrons. The molecule has 0 saturated carbocycles. The van der Waals surface area contributed by atoms with E-state index in [4.69, 9.17) is 0 Å². The first kappa shape index (κ1) is 13.0. The summed E-state index contributed by atoms with van der Waals surface area (Å²) in [7, 11) is 0. The third kappa shape index (κ3) is 4.12. The van der Waals surface area contributed by atoms with Gasteiger partial charge in [-0.05, 0) is 12.8 Å². The first-order valence-corrected chi connectivity index (χ1v) is 6.66. The summed E-state index contributed by atoms with van der Waals surface area (Å²) in [6.07, 6.45) is 10.6. The Morgan fingerprint density at radius 3 is 1.73 bits per heavy atom. The van der Waals surface area contributed by atoms with E-state index in [0.717, 1.165) is 13.1 Å². The molecule has 2 heteroatoms. The summed E-state index contributed by atoms with van der Waals surface area (Å²) < 4.78 is 0. The van der Waals surface area contributed by atoms with Crippen LogP contribution in [0.1, 0.15) is 65.2 Å². The fourth-order valence-electron chi connectivity index (χ4n) is 2.67. The molecule has 1 heterocycles. The van der Waals surface area contributed by atoms with E-state index in [1.165, 1.54) is 56.4 Å². The van der Waals surface area contributed by atoms with Crippen LogP contribution in [-0.4, -0.2) is 23.4 Å². The van der Waals surface area contributed by atoms with Crippen LogP contribution >= 0.6 is 0 Å². The fourth-order valence-corrected chi connectivity index (χ4v) is 2.67. The van der Waals surface area contributed by atoms with Crippen LogP contribution in [0.5, 0.6) is 0 Å². The number of nitrogens with zero attached hydrogens (tertiary/aromatic N) is 1. The van der Waals surface area contributed by atoms with Gasteiger partial charge in [-0.1, -0.05) is 52.4 Å². The monoisotopic (exact) mass is 213 g/mol. The molecule has 0 aromatic rings. The molecule has 0 aromatic carbocycles. The van der Waals surface area contributed by atoms with Gasteiger partial charge in [0.2, 0.25) is 0 Å². The maximum atomic E-state index is 9.33. The SMILES string of the molecule is CCCCCC1(CCCCC)CN(O)C1. The molecule has 0 aliphatic carbocycles.